The number of benzene rings is 2. The van der Waals surface area contributed by atoms with Crippen LogP contribution in [0.5, 0.6) is 5.75 Å². The Hall–Kier alpha value is -3.26. The van der Waals surface area contributed by atoms with Crippen LogP contribution in [0.3, 0.4) is 0 Å². The highest BCUT2D eigenvalue weighted by molar-refractivity contribution is 5.94. The Kier molecular flexibility index (Phi) is 7.51. The predicted octanol–water partition coefficient (Wildman–Crippen LogP) is 3.68. The van der Waals surface area contributed by atoms with E-state index in [1.165, 1.54) is 0 Å². The van der Waals surface area contributed by atoms with Gasteiger partial charge in [0.2, 0.25) is 0 Å². The standard InChI is InChI=1S/C25H27NO4/c1-2-29-24(28)25(17-20-30-22-11-7-4-8-12-22)15-18-26(19-16-25)23(27)14-13-21-9-5-3-6-10-21/h3-12H,2,15-20H2,1H3. The molecule has 0 bridgehead atoms. The maximum atomic E-state index is 12.7. The van der Waals surface area contributed by atoms with Crippen LogP contribution in [-0.4, -0.2) is 43.1 Å². The van der Waals surface area contributed by atoms with E-state index in [4.69, 9.17) is 9.47 Å². The third-order valence-corrected chi connectivity index (χ3v) is 5.40. The van der Waals surface area contributed by atoms with Crippen molar-refractivity contribution in [2.24, 2.45) is 5.41 Å². The van der Waals surface area contributed by atoms with E-state index in [9.17, 15) is 9.59 Å². The van der Waals surface area contributed by atoms with Gasteiger partial charge in [-0.1, -0.05) is 42.3 Å². The molecule has 2 aromatic rings. The Morgan fingerprint density at radius 2 is 1.63 bits per heavy atom. The smallest absolute Gasteiger partial charge is 0.312 e. The minimum Gasteiger partial charge on any atom is -0.494 e. The zero-order valence-electron chi connectivity index (χ0n) is 17.3. The van der Waals surface area contributed by atoms with Crippen molar-refractivity contribution in [3.8, 4) is 17.6 Å². The molecule has 156 valence electrons. The molecule has 1 aliphatic heterocycles. The molecule has 0 radical (unpaired) electrons. The molecule has 5 heteroatoms. The topological polar surface area (TPSA) is 55.8 Å². The largest absolute Gasteiger partial charge is 0.494 e. The Morgan fingerprint density at radius 1 is 1.00 bits per heavy atom. The summed E-state index contributed by atoms with van der Waals surface area (Å²) in [6, 6.07) is 19.0. The van der Waals surface area contributed by atoms with Gasteiger partial charge in [0.15, 0.2) is 0 Å². The highest BCUT2D eigenvalue weighted by atomic mass is 16.5. The number of carbonyl (C=O) groups is 2. The molecule has 1 saturated heterocycles. The van der Waals surface area contributed by atoms with Crippen LogP contribution in [-0.2, 0) is 14.3 Å². The van der Waals surface area contributed by atoms with Crippen molar-refractivity contribution in [2.75, 3.05) is 26.3 Å². The first-order valence-electron chi connectivity index (χ1n) is 10.3. The van der Waals surface area contributed by atoms with Crippen molar-refractivity contribution in [1.82, 2.24) is 4.90 Å². The lowest BCUT2D eigenvalue weighted by Crippen LogP contribution is -2.47. The highest BCUT2D eigenvalue weighted by Crippen LogP contribution is 2.36. The Bertz CT molecular complexity index is 891. The molecule has 0 spiro atoms. The number of esters is 1. The molecule has 0 aliphatic carbocycles. The number of hydrogen-bond acceptors (Lipinski definition) is 4. The fourth-order valence-electron chi connectivity index (χ4n) is 3.59. The number of amides is 1. The lowest BCUT2D eigenvalue weighted by molar-refractivity contribution is -0.160. The summed E-state index contributed by atoms with van der Waals surface area (Å²) in [5.41, 5.74) is 0.177. The van der Waals surface area contributed by atoms with Gasteiger partial charge in [-0.25, -0.2) is 0 Å². The van der Waals surface area contributed by atoms with E-state index >= 15 is 0 Å². The van der Waals surface area contributed by atoms with Crippen LogP contribution in [0.25, 0.3) is 0 Å². The van der Waals surface area contributed by atoms with Gasteiger partial charge >= 0.3 is 5.97 Å². The fourth-order valence-corrected chi connectivity index (χ4v) is 3.59. The van der Waals surface area contributed by atoms with Crippen LogP contribution in [0.15, 0.2) is 60.7 Å². The SMILES string of the molecule is CCOC(=O)C1(CCOc2ccccc2)CCN(C(=O)C#Cc2ccccc2)CC1. The van der Waals surface area contributed by atoms with Crippen LogP contribution in [0, 0.1) is 17.3 Å². The third kappa shape index (κ3) is 5.64. The van der Waals surface area contributed by atoms with Gasteiger partial charge in [-0.15, -0.1) is 0 Å². The van der Waals surface area contributed by atoms with E-state index in [2.05, 4.69) is 11.8 Å². The van der Waals surface area contributed by atoms with Crippen molar-refractivity contribution in [1.29, 1.82) is 0 Å². The molecule has 0 N–H and O–H groups in total. The van der Waals surface area contributed by atoms with Crippen LogP contribution in [0.1, 0.15) is 31.7 Å². The van der Waals surface area contributed by atoms with Gasteiger partial charge in [0.05, 0.1) is 18.6 Å². The van der Waals surface area contributed by atoms with Gasteiger partial charge in [-0.3, -0.25) is 9.59 Å². The molecule has 1 amide bonds. The van der Waals surface area contributed by atoms with Gasteiger partial charge in [0.25, 0.3) is 5.91 Å². The van der Waals surface area contributed by atoms with Crippen LogP contribution in [0.4, 0.5) is 0 Å². The van der Waals surface area contributed by atoms with E-state index in [0.29, 0.717) is 45.6 Å². The van der Waals surface area contributed by atoms with E-state index in [1.54, 1.807) is 4.90 Å². The first-order chi connectivity index (χ1) is 14.6. The first kappa shape index (κ1) is 21.4. The second kappa shape index (κ2) is 10.5. The normalized spacial score (nSPS) is 14.9. The number of piperidine rings is 1. The molecule has 3 rings (SSSR count). The summed E-state index contributed by atoms with van der Waals surface area (Å²) >= 11 is 0. The molecule has 5 nitrogen and oxygen atoms in total. The number of likely N-dealkylation sites (tertiary alicyclic amines) is 1. The van der Waals surface area contributed by atoms with Crippen molar-refractivity contribution in [3.05, 3.63) is 66.2 Å². The summed E-state index contributed by atoms with van der Waals surface area (Å²) < 4.78 is 11.2. The number of rotatable bonds is 6. The molecule has 2 aromatic carbocycles. The number of hydrogen-bond donors (Lipinski definition) is 0. The summed E-state index contributed by atoms with van der Waals surface area (Å²) in [4.78, 5) is 26.9. The summed E-state index contributed by atoms with van der Waals surface area (Å²) in [5.74, 6) is 5.98. The molecule has 1 heterocycles. The first-order valence-corrected chi connectivity index (χ1v) is 10.3. The van der Waals surface area contributed by atoms with Gasteiger partial charge in [-0.05, 0) is 50.5 Å². The van der Waals surface area contributed by atoms with E-state index in [1.807, 2.05) is 67.6 Å². The summed E-state index contributed by atoms with van der Waals surface area (Å²) in [7, 11) is 0. The third-order valence-electron chi connectivity index (χ3n) is 5.40. The van der Waals surface area contributed by atoms with Crippen molar-refractivity contribution < 1.29 is 19.1 Å². The maximum absolute atomic E-state index is 12.7. The van der Waals surface area contributed by atoms with Crippen molar-refractivity contribution >= 4 is 11.9 Å². The molecule has 0 aromatic heterocycles. The second-order valence-electron chi connectivity index (χ2n) is 7.32. The summed E-state index contributed by atoms with van der Waals surface area (Å²) in [5, 5.41) is 0. The molecular formula is C25H27NO4. The van der Waals surface area contributed by atoms with Crippen molar-refractivity contribution in [3.63, 3.8) is 0 Å². The lowest BCUT2D eigenvalue weighted by Gasteiger charge is -2.39. The lowest BCUT2D eigenvalue weighted by atomic mass is 9.75. The number of ether oxygens (including phenoxy) is 2. The quantitative estimate of drug-likeness (QED) is 0.543. The molecule has 30 heavy (non-hydrogen) atoms. The van der Waals surface area contributed by atoms with E-state index < -0.39 is 5.41 Å². The van der Waals surface area contributed by atoms with Gasteiger partial charge in [0.1, 0.15) is 5.75 Å². The van der Waals surface area contributed by atoms with E-state index in [-0.39, 0.29) is 11.9 Å². The average molecular weight is 405 g/mol. The Balaban J connectivity index is 1.60. The molecule has 0 unspecified atom stereocenters. The van der Waals surface area contributed by atoms with Crippen molar-refractivity contribution in [2.45, 2.75) is 26.2 Å². The molecule has 1 aliphatic rings. The van der Waals surface area contributed by atoms with E-state index in [0.717, 1.165) is 11.3 Å². The monoisotopic (exact) mass is 405 g/mol. The van der Waals surface area contributed by atoms with Gasteiger partial charge < -0.3 is 14.4 Å². The fraction of sp³-hybridized carbons (Fsp3) is 0.360. The van der Waals surface area contributed by atoms with Crippen LogP contribution < -0.4 is 4.74 Å². The predicted molar refractivity (Wildman–Crippen MR) is 115 cm³/mol. The minimum absolute atomic E-state index is 0.205. The number of carbonyl (C=O) groups excluding carboxylic acids is 2. The molecule has 0 atom stereocenters. The van der Waals surface area contributed by atoms with Gasteiger partial charge in [0, 0.05) is 24.6 Å². The maximum Gasteiger partial charge on any atom is 0.312 e. The van der Waals surface area contributed by atoms with Gasteiger partial charge in [-0.2, -0.15) is 0 Å². The number of nitrogens with zero attached hydrogens (tertiary/aromatic N) is 1. The zero-order valence-corrected chi connectivity index (χ0v) is 17.3. The summed E-state index contributed by atoms with van der Waals surface area (Å²) in [6.07, 6.45) is 1.64. The van der Waals surface area contributed by atoms with Crippen LogP contribution >= 0.6 is 0 Å². The number of para-hydroxylation sites is 1. The minimum atomic E-state index is -0.631. The zero-order chi connectivity index (χ0) is 21.2. The molecular weight excluding hydrogens is 378 g/mol. The average Bonchev–Trinajstić information content (AvgIpc) is 2.79. The van der Waals surface area contributed by atoms with Crippen LogP contribution in [0.2, 0.25) is 0 Å². The second-order valence-corrected chi connectivity index (χ2v) is 7.32. The molecule has 0 saturated carbocycles. The highest BCUT2D eigenvalue weighted by Gasteiger charge is 2.43. The Morgan fingerprint density at radius 3 is 2.27 bits per heavy atom. The summed E-state index contributed by atoms with van der Waals surface area (Å²) in [6.45, 7) is 3.53. The Labute approximate surface area is 178 Å². The molecule has 1 fully saturated rings.